The average molecular weight is 556 g/mol. The minimum Gasteiger partial charge on any atom is -0.490 e. The van der Waals surface area contributed by atoms with E-state index in [1.54, 1.807) is 30.3 Å². The first kappa shape index (κ1) is 25.6. The molecular formula is C22H27BrN4O4S2. The van der Waals surface area contributed by atoms with Crippen LogP contribution in [-0.4, -0.2) is 68.0 Å². The van der Waals surface area contributed by atoms with Crippen molar-refractivity contribution in [3.05, 3.63) is 52.5 Å². The van der Waals surface area contributed by atoms with Gasteiger partial charge >= 0.3 is 0 Å². The highest BCUT2D eigenvalue weighted by atomic mass is 79.9. The number of rotatable bonds is 6. The van der Waals surface area contributed by atoms with Gasteiger partial charge in [0.1, 0.15) is 5.75 Å². The van der Waals surface area contributed by atoms with E-state index in [2.05, 4.69) is 31.5 Å². The number of carbonyl (C=O) groups excluding carboxylic acids is 1. The van der Waals surface area contributed by atoms with Crippen molar-refractivity contribution in [2.75, 3.05) is 38.5 Å². The molecule has 33 heavy (non-hydrogen) atoms. The number of thiocarbonyl (C=S) groups is 1. The maximum atomic E-state index is 12.8. The van der Waals surface area contributed by atoms with Gasteiger partial charge in [0, 0.05) is 37.4 Å². The van der Waals surface area contributed by atoms with E-state index in [0.717, 1.165) is 0 Å². The van der Waals surface area contributed by atoms with E-state index in [9.17, 15) is 13.2 Å². The van der Waals surface area contributed by atoms with E-state index in [1.807, 2.05) is 20.9 Å². The van der Waals surface area contributed by atoms with Gasteiger partial charge < -0.3 is 15.0 Å². The second-order valence-electron chi connectivity index (χ2n) is 7.95. The molecule has 1 heterocycles. The lowest BCUT2D eigenvalue weighted by molar-refractivity contribution is 0.0977. The molecule has 0 saturated carbocycles. The first-order valence-corrected chi connectivity index (χ1v) is 13.1. The molecule has 0 radical (unpaired) electrons. The van der Waals surface area contributed by atoms with Crippen molar-refractivity contribution >= 4 is 54.9 Å². The summed E-state index contributed by atoms with van der Waals surface area (Å²) in [6, 6.07) is 11.3. The zero-order valence-electron chi connectivity index (χ0n) is 18.7. The summed E-state index contributed by atoms with van der Waals surface area (Å²) in [5, 5.41) is 5.63. The van der Waals surface area contributed by atoms with Crippen molar-refractivity contribution in [3.63, 3.8) is 0 Å². The average Bonchev–Trinajstić information content (AvgIpc) is 2.75. The van der Waals surface area contributed by atoms with Crippen molar-refractivity contribution in [1.29, 1.82) is 0 Å². The van der Waals surface area contributed by atoms with Gasteiger partial charge in [-0.15, -0.1) is 0 Å². The third-order valence-corrected chi connectivity index (χ3v) is 7.73. The van der Waals surface area contributed by atoms with E-state index in [-0.39, 0.29) is 22.0 Å². The van der Waals surface area contributed by atoms with Crippen LogP contribution in [0.2, 0.25) is 0 Å². The van der Waals surface area contributed by atoms with E-state index in [0.29, 0.717) is 47.7 Å². The zero-order chi connectivity index (χ0) is 24.2. The number of ether oxygens (including phenoxy) is 1. The minimum absolute atomic E-state index is 0.0145. The molecule has 1 aliphatic heterocycles. The topological polar surface area (TPSA) is 91.0 Å². The summed E-state index contributed by atoms with van der Waals surface area (Å²) in [5.41, 5.74) is 0.982. The predicted octanol–water partition coefficient (Wildman–Crippen LogP) is 3.30. The third kappa shape index (κ3) is 6.73. The summed E-state index contributed by atoms with van der Waals surface area (Å²) in [6.07, 6.45) is 0.0145. The first-order chi connectivity index (χ1) is 15.6. The van der Waals surface area contributed by atoms with Gasteiger partial charge in [-0.05, 0) is 91.5 Å². The Balaban J connectivity index is 1.59. The second-order valence-corrected chi connectivity index (χ2v) is 11.2. The molecule has 1 amide bonds. The van der Waals surface area contributed by atoms with Crippen LogP contribution in [0, 0.1) is 0 Å². The summed E-state index contributed by atoms with van der Waals surface area (Å²) < 4.78 is 33.5. The number of nitrogens with one attached hydrogen (secondary N) is 2. The molecule has 8 nitrogen and oxygen atoms in total. The fraction of sp³-hybridized carbons (Fsp3) is 0.364. The molecule has 0 spiro atoms. The molecule has 178 valence electrons. The minimum atomic E-state index is -3.54. The lowest BCUT2D eigenvalue weighted by Crippen LogP contribution is -2.46. The largest absolute Gasteiger partial charge is 0.490 e. The van der Waals surface area contributed by atoms with Crippen molar-refractivity contribution < 1.29 is 17.9 Å². The molecule has 0 unspecified atom stereocenters. The second kappa shape index (κ2) is 10.9. The van der Waals surface area contributed by atoms with Crippen LogP contribution in [-0.2, 0) is 10.0 Å². The van der Waals surface area contributed by atoms with E-state index in [1.165, 1.54) is 16.4 Å². The first-order valence-electron chi connectivity index (χ1n) is 10.4. The molecule has 2 N–H and O–H groups in total. The number of hydrogen-bond donors (Lipinski definition) is 2. The van der Waals surface area contributed by atoms with Crippen LogP contribution < -0.4 is 15.4 Å². The summed E-state index contributed by atoms with van der Waals surface area (Å²) in [7, 11) is -1.57. The van der Waals surface area contributed by atoms with Gasteiger partial charge in [-0.2, -0.15) is 4.31 Å². The third-order valence-electron chi connectivity index (χ3n) is 5.00. The number of sulfonamides is 1. The fourth-order valence-corrected chi connectivity index (χ4v) is 5.32. The number of halogens is 1. The number of carbonyl (C=O) groups is 1. The number of likely N-dealkylation sites (N-methyl/N-ethyl adjacent to an activating group) is 1. The van der Waals surface area contributed by atoms with E-state index < -0.39 is 10.0 Å². The van der Waals surface area contributed by atoms with E-state index in [4.69, 9.17) is 17.0 Å². The van der Waals surface area contributed by atoms with Crippen LogP contribution in [0.5, 0.6) is 5.75 Å². The predicted molar refractivity (Wildman–Crippen MR) is 136 cm³/mol. The lowest BCUT2D eigenvalue weighted by Gasteiger charge is -2.31. The van der Waals surface area contributed by atoms with Gasteiger partial charge in [0.25, 0.3) is 5.91 Å². The van der Waals surface area contributed by atoms with Crippen molar-refractivity contribution in [2.24, 2.45) is 0 Å². The highest BCUT2D eigenvalue weighted by Gasteiger charge is 2.27. The lowest BCUT2D eigenvalue weighted by atomic mass is 10.2. The Labute approximate surface area is 208 Å². The molecule has 0 aliphatic carbocycles. The van der Waals surface area contributed by atoms with Crippen LogP contribution in [0.1, 0.15) is 24.2 Å². The number of amides is 1. The molecule has 3 rings (SSSR count). The SMILES string of the molecule is CC(C)Oc1ccc(C(=O)NC(=S)Nc2ccc(S(=O)(=O)N3CCN(C)CC3)cc2)cc1Br. The maximum Gasteiger partial charge on any atom is 0.257 e. The number of piperazine rings is 1. The molecule has 11 heteroatoms. The van der Waals surface area contributed by atoms with Gasteiger partial charge in [0.2, 0.25) is 10.0 Å². The van der Waals surface area contributed by atoms with E-state index >= 15 is 0 Å². The van der Waals surface area contributed by atoms with Crippen LogP contribution in [0.4, 0.5) is 5.69 Å². The van der Waals surface area contributed by atoms with Crippen LogP contribution in [0.15, 0.2) is 51.8 Å². The molecule has 1 saturated heterocycles. The normalized spacial score (nSPS) is 15.3. The summed E-state index contributed by atoms with van der Waals surface area (Å²) in [4.78, 5) is 14.8. The Kier molecular flexibility index (Phi) is 8.46. The smallest absolute Gasteiger partial charge is 0.257 e. The van der Waals surface area contributed by atoms with Crippen LogP contribution in [0.3, 0.4) is 0 Å². The Morgan fingerprint density at radius 2 is 1.73 bits per heavy atom. The van der Waals surface area contributed by atoms with Gasteiger partial charge in [0.05, 0.1) is 15.5 Å². The highest BCUT2D eigenvalue weighted by Crippen LogP contribution is 2.27. The molecule has 2 aromatic carbocycles. The monoisotopic (exact) mass is 554 g/mol. The summed E-state index contributed by atoms with van der Waals surface area (Å²) >= 11 is 8.65. The van der Waals surface area contributed by atoms with Gasteiger partial charge in [0.15, 0.2) is 5.11 Å². The Hall–Kier alpha value is -2.05. The van der Waals surface area contributed by atoms with Crippen LogP contribution in [0.25, 0.3) is 0 Å². The standard InChI is InChI=1S/C22H27BrN4O4S2/c1-15(2)31-20-9-4-16(14-19(20)23)21(28)25-22(32)24-17-5-7-18(8-6-17)33(29,30)27-12-10-26(3)11-13-27/h4-9,14-15H,10-13H2,1-3H3,(H2,24,25,28,32). The zero-order valence-corrected chi connectivity index (χ0v) is 21.9. The number of anilines is 1. The molecule has 0 aromatic heterocycles. The molecule has 0 atom stereocenters. The Bertz CT molecular complexity index is 1120. The Morgan fingerprint density at radius 3 is 2.30 bits per heavy atom. The molecule has 1 aliphatic rings. The van der Waals surface area contributed by atoms with Crippen molar-refractivity contribution in [1.82, 2.24) is 14.5 Å². The molecule has 0 bridgehead atoms. The number of hydrogen-bond acceptors (Lipinski definition) is 6. The summed E-state index contributed by atoms with van der Waals surface area (Å²) in [6.45, 7) is 6.19. The van der Waals surface area contributed by atoms with Gasteiger partial charge in [-0.1, -0.05) is 0 Å². The number of benzene rings is 2. The number of nitrogens with zero attached hydrogens (tertiary/aromatic N) is 2. The molecular weight excluding hydrogens is 528 g/mol. The summed E-state index contributed by atoms with van der Waals surface area (Å²) in [5.74, 6) is 0.271. The molecule has 2 aromatic rings. The fourth-order valence-electron chi connectivity index (χ4n) is 3.22. The Morgan fingerprint density at radius 1 is 1.09 bits per heavy atom. The maximum absolute atomic E-state index is 12.8. The molecule has 1 fully saturated rings. The highest BCUT2D eigenvalue weighted by molar-refractivity contribution is 9.10. The quantitative estimate of drug-likeness (QED) is 0.529. The van der Waals surface area contributed by atoms with Gasteiger partial charge in [-0.3, -0.25) is 10.1 Å². The van der Waals surface area contributed by atoms with Crippen LogP contribution >= 0.6 is 28.1 Å². The van der Waals surface area contributed by atoms with Crippen molar-refractivity contribution in [3.8, 4) is 5.75 Å². The van der Waals surface area contributed by atoms with Crippen molar-refractivity contribution in [2.45, 2.75) is 24.8 Å². The van der Waals surface area contributed by atoms with Gasteiger partial charge in [-0.25, -0.2) is 8.42 Å².